The van der Waals surface area contributed by atoms with Crippen LogP contribution in [0.1, 0.15) is 12.6 Å². The van der Waals surface area contributed by atoms with Gasteiger partial charge in [0.05, 0.1) is 6.21 Å². The summed E-state index contributed by atoms with van der Waals surface area (Å²) in [4.78, 5) is 22.6. The molecular weight excluding hydrogens is 188 g/mol. The zero-order valence-electron chi connectivity index (χ0n) is 7.35. The Bertz CT molecular complexity index is 382. The topological polar surface area (TPSA) is 100 Å². The number of amides is 1. The fourth-order valence-electron chi connectivity index (χ4n) is 0.774. The van der Waals surface area contributed by atoms with Gasteiger partial charge in [0.2, 0.25) is 5.91 Å². The molecule has 0 aromatic carbocycles. The second-order valence-corrected chi connectivity index (χ2v) is 2.48. The molecule has 0 unspecified atom stereocenters. The molecule has 0 saturated heterocycles. The Morgan fingerprint density at radius 3 is 2.93 bits per heavy atom. The second kappa shape index (κ2) is 4.17. The molecule has 0 aliphatic rings. The molecule has 74 valence electrons. The molecule has 7 nitrogen and oxygen atoms in total. The average molecular weight is 196 g/mol. The SMILES string of the molecule is CC(=O)N/N=C/c1ccc([N+](=O)[O-])[nH]1. The van der Waals surface area contributed by atoms with E-state index in [0.29, 0.717) is 5.69 Å². The molecule has 1 amide bonds. The van der Waals surface area contributed by atoms with E-state index in [1.54, 1.807) is 0 Å². The Kier molecular flexibility index (Phi) is 2.95. The van der Waals surface area contributed by atoms with Gasteiger partial charge in [-0.05, 0) is 11.0 Å². The Balaban J connectivity index is 2.64. The summed E-state index contributed by atoms with van der Waals surface area (Å²) in [6.45, 7) is 1.31. The Morgan fingerprint density at radius 2 is 2.43 bits per heavy atom. The number of hydrazone groups is 1. The Labute approximate surface area is 79.0 Å². The van der Waals surface area contributed by atoms with E-state index < -0.39 is 4.92 Å². The molecule has 0 aliphatic heterocycles. The van der Waals surface area contributed by atoms with E-state index in [1.165, 1.54) is 25.3 Å². The van der Waals surface area contributed by atoms with Crippen LogP contribution in [-0.4, -0.2) is 22.0 Å². The summed E-state index contributed by atoms with van der Waals surface area (Å²) in [5.41, 5.74) is 2.62. The molecule has 1 heterocycles. The van der Waals surface area contributed by atoms with Gasteiger partial charge < -0.3 is 10.1 Å². The highest BCUT2D eigenvalue weighted by atomic mass is 16.6. The summed E-state index contributed by atoms with van der Waals surface area (Å²) in [5.74, 6) is -0.420. The summed E-state index contributed by atoms with van der Waals surface area (Å²) >= 11 is 0. The fraction of sp³-hybridized carbons (Fsp3) is 0.143. The first-order chi connectivity index (χ1) is 6.59. The van der Waals surface area contributed by atoms with Gasteiger partial charge in [0.1, 0.15) is 5.69 Å². The highest BCUT2D eigenvalue weighted by Gasteiger charge is 2.05. The van der Waals surface area contributed by atoms with Crippen LogP contribution in [-0.2, 0) is 4.79 Å². The zero-order chi connectivity index (χ0) is 10.6. The number of rotatable bonds is 3. The lowest BCUT2D eigenvalue weighted by Gasteiger charge is -1.88. The van der Waals surface area contributed by atoms with E-state index in [2.05, 4.69) is 15.5 Å². The average Bonchev–Trinajstić information content (AvgIpc) is 2.52. The standard InChI is InChI=1S/C7H8N4O3/c1-5(12)10-8-4-6-2-3-7(9-6)11(13)14/h2-4,9H,1H3,(H,10,12)/b8-4+. The maximum Gasteiger partial charge on any atom is 0.321 e. The number of carbonyl (C=O) groups excluding carboxylic acids is 1. The van der Waals surface area contributed by atoms with Gasteiger partial charge in [0, 0.05) is 13.0 Å². The van der Waals surface area contributed by atoms with Crippen molar-refractivity contribution in [2.24, 2.45) is 5.10 Å². The minimum absolute atomic E-state index is 0.116. The summed E-state index contributed by atoms with van der Waals surface area (Å²) in [6.07, 6.45) is 1.29. The van der Waals surface area contributed by atoms with Crippen LogP contribution >= 0.6 is 0 Å². The number of hydrogen-bond donors (Lipinski definition) is 2. The van der Waals surface area contributed by atoms with Crippen LogP contribution < -0.4 is 5.43 Å². The lowest BCUT2D eigenvalue weighted by Crippen LogP contribution is -2.12. The summed E-state index contributed by atoms with van der Waals surface area (Å²) in [6, 6.07) is 2.80. The van der Waals surface area contributed by atoms with Gasteiger partial charge in [-0.2, -0.15) is 5.10 Å². The van der Waals surface area contributed by atoms with Crippen molar-refractivity contribution in [1.82, 2.24) is 10.4 Å². The molecular formula is C7H8N4O3. The van der Waals surface area contributed by atoms with Gasteiger partial charge >= 0.3 is 5.82 Å². The zero-order valence-corrected chi connectivity index (χ0v) is 7.35. The van der Waals surface area contributed by atoms with Crippen LogP contribution in [0.4, 0.5) is 5.82 Å². The molecule has 0 fully saturated rings. The van der Waals surface area contributed by atoms with E-state index >= 15 is 0 Å². The van der Waals surface area contributed by atoms with Crippen LogP contribution in [0.15, 0.2) is 17.2 Å². The first kappa shape index (κ1) is 9.90. The highest BCUT2D eigenvalue weighted by Crippen LogP contribution is 2.07. The van der Waals surface area contributed by atoms with Crippen LogP contribution in [0.2, 0.25) is 0 Å². The Morgan fingerprint density at radius 1 is 1.71 bits per heavy atom. The summed E-state index contributed by atoms with van der Waals surface area (Å²) in [5, 5.41) is 13.8. The van der Waals surface area contributed by atoms with E-state index in [4.69, 9.17) is 0 Å². The molecule has 0 aliphatic carbocycles. The van der Waals surface area contributed by atoms with E-state index in [1.807, 2.05) is 0 Å². The monoisotopic (exact) mass is 196 g/mol. The first-order valence-corrected chi connectivity index (χ1v) is 3.72. The predicted octanol–water partition coefficient (Wildman–Crippen LogP) is 0.393. The quantitative estimate of drug-likeness (QED) is 0.415. The molecule has 0 saturated carbocycles. The van der Waals surface area contributed by atoms with Crippen LogP contribution in [0.25, 0.3) is 0 Å². The number of aromatic nitrogens is 1. The van der Waals surface area contributed by atoms with Crippen molar-refractivity contribution in [3.8, 4) is 0 Å². The van der Waals surface area contributed by atoms with E-state index in [-0.39, 0.29) is 11.7 Å². The molecule has 1 rings (SSSR count). The third-order valence-corrected chi connectivity index (χ3v) is 1.32. The number of H-pyrrole nitrogens is 1. The molecule has 0 atom stereocenters. The van der Waals surface area contributed by atoms with E-state index in [0.717, 1.165) is 0 Å². The summed E-state index contributed by atoms with van der Waals surface area (Å²) in [7, 11) is 0. The lowest BCUT2D eigenvalue weighted by molar-refractivity contribution is -0.389. The van der Waals surface area contributed by atoms with Gasteiger partial charge in [-0.3, -0.25) is 4.79 Å². The van der Waals surface area contributed by atoms with Crippen molar-refractivity contribution in [2.45, 2.75) is 6.92 Å². The van der Waals surface area contributed by atoms with Crippen LogP contribution in [0.5, 0.6) is 0 Å². The van der Waals surface area contributed by atoms with Crippen LogP contribution in [0.3, 0.4) is 0 Å². The number of nitrogens with one attached hydrogen (secondary N) is 2. The largest absolute Gasteiger partial charge is 0.358 e. The number of carbonyl (C=O) groups is 1. The molecule has 1 aromatic rings. The maximum atomic E-state index is 10.4. The predicted molar refractivity (Wildman–Crippen MR) is 48.9 cm³/mol. The van der Waals surface area contributed by atoms with Crippen molar-refractivity contribution < 1.29 is 9.72 Å². The van der Waals surface area contributed by atoms with Crippen molar-refractivity contribution in [2.75, 3.05) is 0 Å². The van der Waals surface area contributed by atoms with E-state index in [9.17, 15) is 14.9 Å². The van der Waals surface area contributed by atoms with Crippen molar-refractivity contribution in [1.29, 1.82) is 0 Å². The smallest absolute Gasteiger partial charge is 0.321 e. The second-order valence-electron chi connectivity index (χ2n) is 2.48. The highest BCUT2D eigenvalue weighted by molar-refractivity contribution is 5.80. The number of nitrogens with zero attached hydrogens (tertiary/aromatic N) is 2. The number of hydrogen-bond acceptors (Lipinski definition) is 4. The van der Waals surface area contributed by atoms with Gasteiger partial charge in [-0.1, -0.05) is 0 Å². The van der Waals surface area contributed by atoms with Crippen molar-refractivity contribution in [3.05, 3.63) is 27.9 Å². The molecule has 2 N–H and O–H groups in total. The van der Waals surface area contributed by atoms with Crippen LogP contribution in [0, 0.1) is 10.1 Å². The van der Waals surface area contributed by atoms with Gasteiger partial charge in [0.15, 0.2) is 0 Å². The molecule has 0 radical (unpaired) electrons. The van der Waals surface area contributed by atoms with Gasteiger partial charge in [-0.25, -0.2) is 10.4 Å². The first-order valence-electron chi connectivity index (χ1n) is 3.72. The van der Waals surface area contributed by atoms with Crippen molar-refractivity contribution in [3.63, 3.8) is 0 Å². The fourth-order valence-corrected chi connectivity index (χ4v) is 0.774. The summed E-state index contributed by atoms with van der Waals surface area (Å²) < 4.78 is 0. The molecule has 7 heteroatoms. The van der Waals surface area contributed by atoms with Gasteiger partial charge in [0.25, 0.3) is 0 Å². The number of aromatic amines is 1. The lowest BCUT2D eigenvalue weighted by atomic mass is 10.5. The minimum Gasteiger partial charge on any atom is -0.358 e. The Hall–Kier alpha value is -2.18. The van der Waals surface area contributed by atoms with Crippen molar-refractivity contribution >= 4 is 17.9 Å². The molecule has 0 spiro atoms. The number of nitro groups is 1. The third kappa shape index (κ3) is 2.70. The maximum absolute atomic E-state index is 10.4. The molecule has 14 heavy (non-hydrogen) atoms. The minimum atomic E-state index is -0.546. The third-order valence-electron chi connectivity index (χ3n) is 1.32. The molecule has 1 aromatic heterocycles. The normalized spacial score (nSPS) is 10.4. The molecule has 0 bridgehead atoms. The van der Waals surface area contributed by atoms with Gasteiger partial charge in [-0.15, -0.1) is 0 Å².